The number of hydrogen-bond acceptors (Lipinski definition) is 4. The summed E-state index contributed by atoms with van der Waals surface area (Å²) in [6.07, 6.45) is 6.05. The zero-order valence-corrected chi connectivity index (χ0v) is 17.8. The summed E-state index contributed by atoms with van der Waals surface area (Å²) in [6.45, 7) is 3.77. The van der Waals surface area contributed by atoms with Crippen LogP contribution in [0, 0.1) is 0 Å². The van der Waals surface area contributed by atoms with E-state index >= 15 is 0 Å². The molecular weight excluding hydrogens is 386 g/mol. The summed E-state index contributed by atoms with van der Waals surface area (Å²) in [5, 5.41) is 11.7. The zero-order chi connectivity index (χ0) is 21.0. The van der Waals surface area contributed by atoms with Gasteiger partial charge in [0.1, 0.15) is 0 Å². The van der Waals surface area contributed by atoms with Crippen LogP contribution in [0.25, 0.3) is 5.69 Å². The van der Waals surface area contributed by atoms with E-state index in [0.717, 1.165) is 43.9 Å². The Labute approximate surface area is 183 Å². The van der Waals surface area contributed by atoms with E-state index in [-0.39, 0.29) is 5.91 Å². The van der Waals surface area contributed by atoms with Gasteiger partial charge in [-0.25, -0.2) is 4.68 Å². The standard InChI is InChI=1S/C25H29N5O/c31-25(23-24(19-13-14-19)30(28-27-23)22-11-3-1-4-12-22)26-17-20-9-5-6-10-21(20)18-29-15-7-2-8-16-29/h1,3-6,9-12,19H,2,7-8,13-18H2,(H,26,31). The lowest BCUT2D eigenvalue weighted by Crippen LogP contribution is -2.30. The van der Waals surface area contributed by atoms with Crippen LogP contribution in [0.2, 0.25) is 0 Å². The fraction of sp³-hybridized carbons (Fsp3) is 0.400. The molecule has 0 bridgehead atoms. The Morgan fingerprint density at radius 1 is 0.935 bits per heavy atom. The maximum atomic E-state index is 13.1. The number of para-hydroxylation sites is 1. The zero-order valence-electron chi connectivity index (χ0n) is 17.8. The molecule has 1 saturated carbocycles. The number of likely N-dealkylation sites (tertiary alicyclic amines) is 1. The molecule has 1 aromatic heterocycles. The topological polar surface area (TPSA) is 63.1 Å². The van der Waals surface area contributed by atoms with E-state index in [1.165, 1.54) is 30.4 Å². The van der Waals surface area contributed by atoms with Crippen molar-refractivity contribution >= 4 is 5.91 Å². The number of nitrogens with one attached hydrogen (secondary N) is 1. The highest BCUT2D eigenvalue weighted by Gasteiger charge is 2.34. The first-order chi connectivity index (χ1) is 15.3. The number of aromatic nitrogens is 3. The molecule has 3 aromatic rings. The van der Waals surface area contributed by atoms with E-state index in [1.54, 1.807) is 0 Å². The molecule has 1 N–H and O–H groups in total. The first kappa shape index (κ1) is 19.9. The predicted octanol–water partition coefficient (Wildman–Crippen LogP) is 4.06. The second-order valence-electron chi connectivity index (χ2n) is 8.63. The average molecular weight is 416 g/mol. The number of hydrogen-bond donors (Lipinski definition) is 1. The van der Waals surface area contributed by atoms with Crippen LogP contribution in [0.15, 0.2) is 54.6 Å². The van der Waals surface area contributed by atoms with E-state index in [1.807, 2.05) is 41.1 Å². The highest BCUT2D eigenvalue weighted by molar-refractivity contribution is 5.93. The summed E-state index contributed by atoms with van der Waals surface area (Å²) in [4.78, 5) is 15.6. The van der Waals surface area contributed by atoms with Gasteiger partial charge in [0.05, 0.1) is 11.4 Å². The Bertz CT molecular complexity index is 1040. The lowest BCUT2D eigenvalue weighted by molar-refractivity contribution is 0.0944. The first-order valence-electron chi connectivity index (χ1n) is 11.4. The normalized spacial score (nSPS) is 16.9. The molecule has 0 spiro atoms. The molecule has 1 amide bonds. The molecular formula is C25H29N5O. The van der Waals surface area contributed by atoms with E-state index in [4.69, 9.17) is 0 Å². The number of rotatable bonds is 7. The van der Waals surface area contributed by atoms with Crippen LogP contribution < -0.4 is 5.32 Å². The average Bonchev–Trinajstić information content (AvgIpc) is 3.57. The van der Waals surface area contributed by atoms with Gasteiger partial charge in [0.15, 0.2) is 5.69 Å². The van der Waals surface area contributed by atoms with Crippen LogP contribution in [-0.2, 0) is 13.1 Å². The number of benzene rings is 2. The smallest absolute Gasteiger partial charge is 0.274 e. The van der Waals surface area contributed by atoms with Gasteiger partial charge in [-0.05, 0) is 62.0 Å². The van der Waals surface area contributed by atoms with E-state index in [9.17, 15) is 4.79 Å². The Morgan fingerprint density at radius 3 is 2.39 bits per heavy atom. The summed E-state index contributed by atoms with van der Waals surface area (Å²) in [5.41, 5.74) is 4.80. The van der Waals surface area contributed by atoms with Crippen molar-refractivity contribution in [2.45, 2.75) is 51.1 Å². The number of nitrogens with zero attached hydrogens (tertiary/aromatic N) is 4. The third-order valence-electron chi connectivity index (χ3n) is 6.29. The quantitative estimate of drug-likeness (QED) is 0.632. The summed E-state index contributed by atoms with van der Waals surface area (Å²) in [5.74, 6) is 0.221. The molecule has 0 radical (unpaired) electrons. The SMILES string of the molecule is O=C(NCc1ccccc1CN1CCCCC1)c1nnn(-c2ccccc2)c1C1CC1. The predicted molar refractivity (Wildman–Crippen MR) is 120 cm³/mol. The highest BCUT2D eigenvalue weighted by Crippen LogP contribution is 2.41. The van der Waals surface area contributed by atoms with Gasteiger partial charge < -0.3 is 5.32 Å². The Morgan fingerprint density at radius 2 is 1.65 bits per heavy atom. The maximum absolute atomic E-state index is 13.1. The molecule has 2 fully saturated rings. The Hall–Kier alpha value is -2.99. The van der Waals surface area contributed by atoms with Crippen LogP contribution in [-0.4, -0.2) is 38.9 Å². The second kappa shape index (κ2) is 9.02. The van der Waals surface area contributed by atoms with Crippen molar-refractivity contribution in [1.82, 2.24) is 25.2 Å². The number of amides is 1. The van der Waals surface area contributed by atoms with Crippen LogP contribution >= 0.6 is 0 Å². The van der Waals surface area contributed by atoms with Gasteiger partial charge in [0.25, 0.3) is 5.91 Å². The molecule has 2 heterocycles. The molecule has 2 aliphatic rings. The molecule has 5 rings (SSSR count). The van der Waals surface area contributed by atoms with Crippen molar-refractivity contribution in [3.05, 3.63) is 77.1 Å². The van der Waals surface area contributed by atoms with Crippen LogP contribution in [0.4, 0.5) is 0 Å². The molecule has 31 heavy (non-hydrogen) atoms. The van der Waals surface area contributed by atoms with Crippen LogP contribution in [0.3, 0.4) is 0 Å². The monoisotopic (exact) mass is 415 g/mol. The highest BCUT2D eigenvalue weighted by atomic mass is 16.2. The Balaban J connectivity index is 1.31. The van der Waals surface area contributed by atoms with Crippen LogP contribution in [0.5, 0.6) is 0 Å². The molecule has 160 valence electrons. The molecule has 6 nitrogen and oxygen atoms in total. The number of piperidine rings is 1. The van der Waals surface area contributed by atoms with Crippen LogP contribution in [0.1, 0.15) is 65.3 Å². The molecule has 6 heteroatoms. The van der Waals surface area contributed by atoms with Crippen molar-refractivity contribution < 1.29 is 4.79 Å². The first-order valence-corrected chi connectivity index (χ1v) is 11.4. The van der Waals surface area contributed by atoms with Gasteiger partial charge in [-0.15, -0.1) is 5.10 Å². The number of carbonyl (C=O) groups is 1. The van der Waals surface area contributed by atoms with E-state index in [2.05, 4.69) is 38.7 Å². The van der Waals surface area contributed by atoms with Gasteiger partial charge in [0.2, 0.25) is 0 Å². The van der Waals surface area contributed by atoms with Gasteiger partial charge >= 0.3 is 0 Å². The van der Waals surface area contributed by atoms with Crippen molar-refractivity contribution in [2.24, 2.45) is 0 Å². The molecule has 0 atom stereocenters. The van der Waals surface area contributed by atoms with Gasteiger partial charge in [-0.3, -0.25) is 9.69 Å². The van der Waals surface area contributed by atoms with Crippen molar-refractivity contribution in [1.29, 1.82) is 0 Å². The van der Waals surface area contributed by atoms with Crippen molar-refractivity contribution in [3.8, 4) is 5.69 Å². The summed E-state index contributed by atoms with van der Waals surface area (Å²) in [6, 6.07) is 18.4. The lowest BCUT2D eigenvalue weighted by atomic mass is 10.0. The van der Waals surface area contributed by atoms with Gasteiger partial charge in [-0.2, -0.15) is 0 Å². The number of carbonyl (C=O) groups excluding carboxylic acids is 1. The molecule has 1 aliphatic carbocycles. The maximum Gasteiger partial charge on any atom is 0.274 e. The largest absolute Gasteiger partial charge is 0.346 e. The fourth-order valence-corrected chi connectivity index (χ4v) is 4.44. The fourth-order valence-electron chi connectivity index (χ4n) is 4.44. The van der Waals surface area contributed by atoms with E-state index in [0.29, 0.717) is 18.2 Å². The molecule has 1 aliphatic heterocycles. The summed E-state index contributed by atoms with van der Waals surface area (Å²) in [7, 11) is 0. The lowest BCUT2D eigenvalue weighted by Gasteiger charge is -2.27. The third-order valence-corrected chi connectivity index (χ3v) is 6.29. The molecule has 1 saturated heterocycles. The minimum atomic E-state index is -0.142. The van der Waals surface area contributed by atoms with Gasteiger partial charge in [0, 0.05) is 19.0 Å². The molecule has 2 aromatic carbocycles. The van der Waals surface area contributed by atoms with Crippen molar-refractivity contribution in [3.63, 3.8) is 0 Å². The minimum Gasteiger partial charge on any atom is -0.346 e. The van der Waals surface area contributed by atoms with Crippen molar-refractivity contribution in [2.75, 3.05) is 13.1 Å². The van der Waals surface area contributed by atoms with E-state index < -0.39 is 0 Å². The summed E-state index contributed by atoms with van der Waals surface area (Å²) < 4.78 is 1.83. The third kappa shape index (κ3) is 4.54. The second-order valence-corrected chi connectivity index (χ2v) is 8.63. The minimum absolute atomic E-state index is 0.142. The molecule has 0 unspecified atom stereocenters. The Kier molecular flexibility index (Phi) is 5.80. The van der Waals surface area contributed by atoms with Gasteiger partial charge in [-0.1, -0.05) is 54.1 Å². The summed E-state index contributed by atoms with van der Waals surface area (Å²) >= 11 is 0.